The minimum atomic E-state index is 0. The van der Waals surface area contributed by atoms with E-state index in [0.717, 1.165) is 5.92 Å². The molecule has 1 aromatic rings. The Morgan fingerprint density at radius 3 is 2.55 bits per heavy atom. The summed E-state index contributed by atoms with van der Waals surface area (Å²) in [4.78, 5) is 4.30. The highest BCUT2D eigenvalue weighted by molar-refractivity contribution is 5.85. The summed E-state index contributed by atoms with van der Waals surface area (Å²) in [7, 11) is 0. The molecule has 1 saturated carbocycles. The van der Waals surface area contributed by atoms with Crippen LogP contribution in [0.1, 0.15) is 30.9 Å². The van der Waals surface area contributed by atoms with E-state index in [-0.39, 0.29) is 12.4 Å². The summed E-state index contributed by atoms with van der Waals surface area (Å²) in [5.74, 6) is 0.779. The zero-order valence-electron chi connectivity index (χ0n) is 6.36. The molecule has 1 aliphatic carbocycles. The van der Waals surface area contributed by atoms with Gasteiger partial charge in [-0.3, -0.25) is 4.98 Å². The Labute approximate surface area is 73.3 Å². The molecular formula is C9H12ClN. The molecule has 0 radical (unpaired) electrons. The normalized spacial score (nSPS) is 16.7. The molecule has 1 fully saturated rings. The first-order chi connectivity index (χ1) is 4.97. The molecule has 0 saturated heterocycles. The van der Waals surface area contributed by atoms with Gasteiger partial charge in [-0.2, -0.15) is 0 Å². The van der Waals surface area contributed by atoms with Crippen molar-refractivity contribution in [1.29, 1.82) is 0 Å². The SMILES string of the molecule is Cl.c1ccc(C2CCC2)nc1. The number of aromatic nitrogens is 1. The predicted octanol–water partition coefficient (Wildman–Crippen LogP) is 2.77. The maximum absolute atomic E-state index is 4.30. The topological polar surface area (TPSA) is 12.9 Å². The van der Waals surface area contributed by atoms with Crippen molar-refractivity contribution in [2.75, 3.05) is 0 Å². The monoisotopic (exact) mass is 169 g/mol. The Hall–Kier alpha value is -0.560. The third-order valence-corrected chi connectivity index (χ3v) is 2.21. The van der Waals surface area contributed by atoms with Crippen molar-refractivity contribution in [3.8, 4) is 0 Å². The van der Waals surface area contributed by atoms with Gasteiger partial charge in [0.2, 0.25) is 0 Å². The Bertz CT molecular complexity index is 206. The number of nitrogens with zero attached hydrogens (tertiary/aromatic N) is 1. The maximum atomic E-state index is 4.30. The zero-order chi connectivity index (χ0) is 6.81. The molecule has 0 amide bonds. The van der Waals surface area contributed by atoms with Crippen LogP contribution in [-0.2, 0) is 0 Å². The molecule has 1 aromatic heterocycles. The standard InChI is InChI=1S/C9H11N.ClH/c1-2-7-10-9(6-1)8-4-3-5-8;/h1-2,6-8H,3-5H2;1H. The van der Waals surface area contributed by atoms with Crippen molar-refractivity contribution >= 4 is 12.4 Å². The van der Waals surface area contributed by atoms with Crippen LogP contribution in [-0.4, -0.2) is 4.98 Å². The molecule has 11 heavy (non-hydrogen) atoms. The van der Waals surface area contributed by atoms with E-state index in [2.05, 4.69) is 17.1 Å². The van der Waals surface area contributed by atoms with Crippen molar-refractivity contribution in [3.63, 3.8) is 0 Å². The van der Waals surface area contributed by atoms with Crippen molar-refractivity contribution in [3.05, 3.63) is 30.1 Å². The van der Waals surface area contributed by atoms with Crippen LogP contribution in [0.15, 0.2) is 24.4 Å². The van der Waals surface area contributed by atoms with E-state index in [1.807, 2.05) is 12.3 Å². The lowest BCUT2D eigenvalue weighted by molar-refractivity contribution is 0.411. The number of halogens is 1. The molecule has 0 bridgehead atoms. The lowest BCUT2D eigenvalue weighted by Gasteiger charge is -2.24. The van der Waals surface area contributed by atoms with Gasteiger partial charge in [-0.05, 0) is 25.0 Å². The predicted molar refractivity (Wildman–Crippen MR) is 48.1 cm³/mol. The zero-order valence-corrected chi connectivity index (χ0v) is 7.18. The summed E-state index contributed by atoms with van der Waals surface area (Å²) in [6, 6.07) is 6.17. The molecule has 1 aliphatic rings. The first-order valence-corrected chi connectivity index (χ1v) is 3.88. The minimum Gasteiger partial charge on any atom is -0.261 e. The molecule has 0 aliphatic heterocycles. The van der Waals surface area contributed by atoms with Crippen LogP contribution in [0, 0.1) is 0 Å². The fourth-order valence-electron chi connectivity index (χ4n) is 1.32. The molecule has 2 rings (SSSR count). The van der Waals surface area contributed by atoms with Crippen LogP contribution < -0.4 is 0 Å². The van der Waals surface area contributed by atoms with E-state index < -0.39 is 0 Å². The molecule has 0 spiro atoms. The first kappa shape index (κ1) is 8.54. The highest BCUT2D eigenvalue weighted by atomic mass is 35.5. The molecule has 0 unspecified atom stereocenters. The lowest BCUT2D eigenvalue weighted by atomic mass is 9.83. The van der Waals surface area contributed by atoms with E-state index in [9.17, 15) is 0 Å². The second kappa shape index (κ2) is 3.72. The highest BCUT2D eigenvalue weighted by Gasteiger charge is 2.19. The van der Waals surface area contributed by atoms with Crippen LogP contribution in [0.2, 0.25) is 0 Å². The van der Waals surface area contributed by atoms with Crippen LogP contribution in [0.4, 0.5) is 0 Å². The smallest absolute Gasteiger partial charge is 0.0434 e. The van der Waals surface area contributed by atoms with Crippen molar-refractivity contribution in [1.82, 2.24) is 4.98 Å². The Kier molecular flexibility index (Phi) is 2.89. The van der Waals surface area contributed by atoms with Gasteiger partial charge in [0.1, 0.15) is 0 Å². The summed E-state index contributed by atoms with van der Waals surface area (Å²) in [6.45, 7) is 0. The minimum absolute atomic E-state index is 0. The van der Waals surface area contributed by atoms with Gasteiger partial charge in [0.05, 0.1) is 0 Å². The molecule has 60 valence electrons. The fourth-order valence-corrected chi connectivity index (χ4v) is 1.32. The van der Waals surface area contributed by atoms with Gasteiger partial charge in [-0.1, -0.05) is 12.5 Å². The van der Waals surface area contributed by atoms with E-state index >= 15 is 0 Å². The second-order valence-corrected chi connectivity index (χ2v) is 2.88. The number of rotatable bonds is 1. The average molecular weight is 170 g/mol. The Morgan fingerprint density at radius 2 is 2.09 bits per heavy atom. The van der Waals surface area contributed by atoms with Gasteiger partial charge >= 0.3 is 0 Å². The molecule has 1 heterocycles. The van der Waals surface area contributed by atoms with E-state index in [4.69, 9.17) is 0 Å². The number of pyridine rings is 1. The van der Waals surface area contributed by atoms with Gasteiger partial charge in [0.15, 0.2) is 0 Å². The Balaban J connectivity index is 0.000000605. The Morgan fingerprint density at radius 1 is 1.27 bits per heavy atom. The molecular weight excluding hydrogens is 158 g/mol. The quantitative estimate of drug-likeness (QED) is 0.630. The van der Waals surface area contributed by atoms with E-state index in [0.29, 0.717) is 0 Å². The van der Waals surface area contributed by atoms with Crippen LogP contribution in [0.3, 0.4) is 0 Å². The summed E-state index contributed by atoms with van der Waals surface area (Å²) in [5.41, 5.74) is 1.29. The van der Waals surface area contributed by atoms with Gasteiger partial charge in [0.25, 0.3) is 0 Å². The highest BCUT2D eigenvalue weighted by Crippen LogP contribution is 2.34. The largest absolute Gasteiger partial charge is 0.261 e. The third kappa shape index (κ3) is 1.72. The summed E-state index contributed by atoms with van der Waals surface area (Å²) in [5, 5.41) is 0. The average Bonchev–Trinajstić information content (AvgIpc) is 1.86. The molecule has 0 aromatic carbocycles. The summed E-state index contributed by atoms with van der Waals surface area (Å²) < 4.78 is 0. The second-order valence-electron chi connectivity index (χ2n) is 2.88. The van der Waals surface area contributed by atoms with Crippen molar-refractivity contribution in [2.24, 2.45) is 0 Å². The maximum Gasteiger partial charge on any atom is 0.0434 e. The van der Waals surface area contributed by atoms with Crippen LogP contribution in [0.25, 0.3) is 0 Å². The van der Waals surface area contributed by atoms with Gasteiger partial charge < -0.3 is 0 Å². The molecule has 0 atom stereocenters. The number of hydrogen-bond donors (Lipinski definition) is 0. The van der Waals surface area contributed by atoms with E-state index in [1.165, 1.54) is 25.0 Å². The van der Waals surface area contributed by atoms with Gasteiger partial charge in [0, 0.05) is 17.8 Å². The van der Waals surface area contributed by atoms with Crippen molar-refractivity contribution < 1.29 is 0 Å². The van der Waals surface area contributed by atoms with Gasteiger partial charge in [-0.25, -0.2) is 0 Å². The first-order valence-electron chi connectivity index (χ1n) is 3.88. The van der Waals surface area contributed by atoms with E-state index in [1.54, 1.807) is 0 Å². The fraction of sp³-hybridized carbons (Fsp3) is 0.444. The van der Waals surface area contributed by atoms with Crippen LogP contribution in [0.5, 0.6) is 0 Å². The van der Waals surface area contributed by atoms with Gasteiger partial charge in [-0.15, -0.1) is 12.4 Å². The molecule has 2 heteroatoms. The molecule has 1 nitrogen and oxygen atoms in total. The van der Waals surface area contributed by atoms with Crippen molar-refractivity contribution in [2.45, 2.75) is 25.2 Å². The summed E-state index contributed by atoms with van der Waals surface area (Å²) >= 11 is 0. The number of hydrogen-bond acceptors (Lipinski definition) is 1. The lowest BCUT2D eigenvalue weighted by Crippen LogP contribution is -2.09. The summed E-state index contributed by atoms with van der Waals surface area (Å²) in [6.07, 6.45) is 5.96. The third-order valence-electron chi connectivity index (χ3n) is 2.21. The molecule has 0 N–H and O–H groups in total. The van der Waals surface area contributed by atoms with Crippen LogP contribution >= 0.6 is 12.4 Å².